The minimum atomic E-state index is 0.492. The van der Waals surface area contributed by atoms with Crippen molar-refractivity contribution in [3.8, 4) is 0 Å². The van der Waals surface area contributed by atoms with Crippen molar-refractivity contribution < 1.29 is 0 Å². The molecule has 0 saturated carbocycles. The molecule has 1 N–H and O–H groups in total. The van der Waals surface area contributed by atoms with Gasteiger partial charge in [0.25, 0.3) is 0 Å². The zero-order valence-electron chi connectivity index (χ0n) is 14.1. The predicted octanol–water partition coefficient (Wildman–Crippen LogP) is 4.76. The van der Waals surface area contributed by atoms with Crippen LogP contribution in [0.4, 0.5) is 5.69 Å². The van der Waals surface area contributed by atoms with Gasteiger partial charge < -0.3 is 10.2 Å². The number of hydrogen-bond donors (Lipinski definition) is 1. The number of nitrogens with zero attached hydrogens (tertiary/aromatic N) is 1. The Morgan fingerprint density at radius 1 is 1.19 bits per heavy atom. The van der Waals surface area contributed by atoms with Crippen molar-refractivity contribution in [3.63, 3.8) is 0 Å². The molecule has 0 bridgehead atoms. The van der Waals surface area contributed by atoms with Crippen LogP contribution in [0.25, 0.3) is 0 Å². The van der Waals surface area contributed by atoms with Crippen LogP contribution in [-0.4, -0.2) is 19.6 Å². The lowest BCUT2D eigenvalue weighted by molar-refractivity contribution is 0.516. The topological polar surface area (TPSA) is 15.3 Å². The van der Waals surface area contributed by atoms with Crippen LogP contribution in [0.15, 0.2) is 24.3 Å². The summed E-state index contributed by atoms with van der Waals surface area (Å²) in [7, 11) is 0. The Morgan fingerprint density at radius 2 is 2.00 bits per heavy atom. The molecule has 1 aromatic carbocycles. The van der Waals surface area contributed by atoms with Crippen molar-refractivity contribution in [2.24, 2.45) is 5.92 Å². The zero-order valence-corrected chi connectivity index (χ0v) is 14.1. The molecule has 2 rings (SSSR count). The van der Waals surface area contributed by atoms with Crippen LogP contribution in [0.2, 0.25) is 0 Å². The predicted molar refractivity (Wildman–Crippen MR) is 93.0 cm³/mol. The summed E-state index contributed by atoms with van der Waals surface area (Å²) in [5.74, 6) is 0.895. The first-order chi connectivity index (χ1) is 10.3. The van der Waals surface area contributed by atoms with Gasteiger partial charge in [-0.1, -0.05) is 45.4 Å². The number of anilines is 1. The summed E-state index contributed by atoms with van der Waals surface area (Å²) < 4.78 is 0. The molecule has 0 aliphatic carbocycles. The van der Waals surface area contributed by atoms with Crippen LogP contribution in [0.3, 0.4) is 0 Å². The van der Waals surface area contributed by atoms with Crippen LogP contribution in [0.1, 0.15) is 64.5 Å². The van der Waals surface area contributed by atoms with E-state index in [0.29, 0.717) is 6.04 Å². The lowest BCUT2D eigenvalue weighted by Gasteiger charge is -2.27. The maximum absolute atomic E-state index is 3.71. The van der Waals surface area contributed by atoms with E-state index in [1.165, 1.54) is 50.0 Å². The van der Waals surface area contributed by atoms with E-state index in [0.717, 1.165) is 18.9 Å². The molecule has 1 aromatic rings. The van der Waals surface area contributed by atoms with E-state index in [-0.39, 0.29) is 0 Å². The molecule has 0 amide bonds. The highest BCUT2D eigenvalue weighted by Gasteiger charge is 2.24. The normalized spacial score (nSPS) is 20.0. The smallest absolute Gasteiger partial charge is 0.0414 e. The summed E-state index contributed by atoms with van der Waals surface area (Å²) in [6, 6.07) is 9.51. The SMILES string of the molecule is CCCNC(CC)c1ccccc1N1CCC(CCC)C1. The largest absolute Gasteiger partial charge is 0.371 e. The third-order valence-corrected chi connectivity index (χ3v) is 4.68. The van der Waals surface area contributed by atoms with Crippen LogP contribution < -0.4 is 10.2 Å². The van der Waals surface area contributed by atoms with Crippen LogP contribution in [0, 0.1) is 5.92 Å². The first kappa shape index (κ1) is 16.4. The van der Waals surface area contributed by atoms with Crippen LogP contribution in [0.5, 0.6) is 0 Å². The van der Waals surface area contributed by atoms with E-state index < -0.39 is 0 Å². The van der Waals surface area contributed by atoms with Gasteiger partial charge in [-0.2, -0.15) is 0 Å². The molecule has 1 saturated heterocycles. The number of nitrogens with one attached hydrogen (secondary N) is 1. The average Bonchev–Trinajstić information content (AvgIpc) is 2.97. The molecule has 118 valence electrons. The Labute approximate surface area is 130 Å². The van der Waals surface area contributed by atoms with E-state index in [1.807, 2.05) is 0 Å². The fourth-order valence-electron chi connectivity index (χ4n) is 3.56. The highest BCUT2D eigenvalue weighted by atomic mass is 15.2. The molecule has 21 heavy (non-hydrogen) atoms. The minimum Gasteiger partial charge on any atom is -0.371 e. The summed E-state index contributed by atoms with van der Waals surface area (Å²) in [6.07, 6.45) is 6.41. The zero-order chi connectivity index (χ0) is 15.1. The van der Waals surface area contributed by atoms with Gasteiger partial charge in [0.05, 0.1) is 0 Å². The second-order valence-electron chi connectivity index (χ2n) is 6.36. The molecular formula is C19H32N2. The van der Waals surface area contributed by atoms with Crippen molar-refractivity contribution in [2.75, 3.05) is 24.5 Å². The maximum atomic E-state index is 3.71. The van der Waals surface area contributed by atoms with Gasteiger partial charge in [-0.3, -0.25) is 0 Å². The Hall–Kier alpha value is -1.02. The standard InChI is InChI=1S/C19H32N2/c1-4-9-16-12-14-21(15-16)19-11-8-7-10-17(19)18(6-3)20-13-5-2/h7-8,10-11,16,18,20H,4-6,9,12-15H2,1-3H3. The Balaban J connectivity index is 2.13. The van der Waals surface area contributed by atoms with Crippen molar-refractivity contribution in [1.29, 1.82) is 0 Å². The van der Waals surface area contributed by atoms with Gasteiger partial charge in [-0.15, -0.1) is 0 Å². The van der Waals surface area contributed by atoms with Gasteiger partial charge in [0.2, 0.25) is 0 Å². The monoisotopic (exact) mass is 288 g/mol. The average molecular weight is 288 g/mol. The fraction of sp³-hybridized carbons (Fsp3) is 0.684. The lowest BCUT2D eigenvalue weighted by atomic mass is 10.0. The highest BCUT2D eigenvalue weighted by molar-refractivity contribution is 5.55. The molecule has 2 nitrogen and oxygen atoms in total. The summed E-state index contributed by atoms with van der Waals surface area (Å²) in [4.78, 5) is 2.62. The third kappa shape index (κ3) is 4.23. The maximum Gasteiger partial charge on any atom is 0.0414 e. The minimum absolute atomic E-state index is 0.492. The molecule has 1 heterocycles. The van der Waals surface area contributed by atoms with E-state index in [4.69, 9.17) is 0 Å². The Morgan fingerprint density at radius 3 is 2.71 bits per heavy atom. The number of rotatable bonds is 8. The van der Waals surface area contributed by atoms with Gasteiger partial charge in [-0.25, -0.2) is 0 Å². The summed E-state index contributed by atoms with van der Waals surface area (Å²) in [6.45, 7) is 10.4. The van der Waals surface area contributed by atoms with Gasteiger partial charge in [-0.05, 0) is 49.8 Å². The molecule has 1 fully saturated rings. The Bertz CT molecular complexity index is 416. The molecule has 0 radical (unpaired) electrons. The second-order valence-corrected chi connectivity index (χ2v) is 6.36. The van der Waals surface area contributed by atoms with Gasteiger partial charge in [0, 0.05) is 24.8 Å². The van der Waals surface area contributed by atoms with Crippen molar-refractivity contribution in [1.82, 2.24) is 5.32 Å². The van der Waals surface area contributed by atoms with Crippen molar-refractivity contribution in [3.05, 3.63) is 29.8 Å². The van der Waals surface area contributed by atoms with Crippen LogP contribution >= 0.6 is 0 Å². The Kier molecular flexibility index (Phi) is 6.56. The molecule has 2 heteroatoms. The highest BCUT2D eigenvalue weighted by Crippen LogP contribution is 2.33. The molecular weight excluding hydrogens is 256 g/mol. The summed E-state index contributed by atoms with van der Waals surface area (Å²) in [5.41, 5.74) is 2.96. The summed E-state index contributed by atoms with van der Waals surface area (Å²) in [5, 5.41) is 3.71. The van der Waals surface area contributed by atoms with Gasteiger partial charge in [0.1, 0.15) is 0 Å². The van der Waals surface area contributed by atoms with E-state index in [1.54, 1.807) is 0 Å². The molecule has 2 unspecified atom stereocenters. The quantitative estimate of drug-likeness (QED) is 0.741. The first-order valence-corrected chi connectivity index (χ1v) is 8.87. The van der Waals surface area contributed by atoms with Gasteiger partial charge >= 0.3 is 0 Å². The molecule has 1 aliphatic heterocycles. The van der Waals surface area contributed by atoms with E-state index >= 15 is 0 Å². The first-order valence-electron chi connectivity index (χ1n) is 8.87. The lowest BCUT2D eigenvalue weighted by Crippen LogP contribution is -2.26. The molecule has 0 aromatic heterocycles. The number of hydrogen-bond acceptors (Lipinski definition) is 2. The second kappa shape index (κ2) is 8.43. The van der Waals surface area contributed by atoms with E-state index in [2.05, 4.69) is 55.3 Å². The number of benzene rings is 1. The van der Waals surface area contributed by atoms with Crippen LogP contribution in [-0.2, 0) is 0 Å². The molecule has 1 aliphatic rings. The van der Waals surface area contributed by atoms with Crippen molar-refractivity contribution >= 4 is 5.69 Å². The third-order valence-electron chi connectivity index (χ3n) is 4.68. The summed E-state index contributed by atoms with van der Waals surface area (Å²) >= 11 is 0. The number of para-hydroxylation sites is 1. The fourth-order valence-corrected chi connectivity index (χ4v) is 3.56. The van der Waals surface area contributed by atoms with Crippen molar-refractivity contribution in [2.45, 2.75) is 58.9 Å². The molecule has 2 atom stereocenters. The molecule has 0 spiro atoms. The van der Waals surface area contributed by atoms with Gasteiger partial charge in [0.15, 0.2) is 0 Å². The van der Waals surface area contributed by atoms with E-state index in [9.17, 15) is 0 Å².